The number of rotatable bonds is 3. The van der Waals surface area contributed by atoms with E-state index in [9.17, 15) is 9.59 Å². The van der Waals surface area contributed by atoms with Gasteiger partial charge in [0, 0.05) is 25.2 Å². The standard InChI is InChI=1S/C20H21N3O3S/c1-3-21-17(24)14(18(25)22(4-2)20(21)27)12-13-8-7-11-23-15-9-5-6-10-16(15)26-19(13)23/h5-6,9-10,12H,3-4,7-8,11H2,1-2H3. The van der Waals surface area contributed by atoms with Crippen molar-refractivity contribution in [3.63, 3.8) is 0 Å². The SMILES string of the molecule is CCN1C(=O)C(=CC2=C3Oc4ccccc4N3CCC2)C(=O)N(CC)C1=S. The number of likely N-dealkylation sites (N-methyl/N-ethyl adjacent to an activating group) is 2. The molecule has 0 aromatic heterocycles. The molecule has 3 aliphatic rings. The lowest BCUT2D eigenvalue weighted by atomic mass is 10.0. The summed E-state index contributed by atoms with van der Waals surface area (Å²) in [7, 11) is 0. The van der Waals surface area contributed by atoms with Gasteiger partial charge in [-0.05, 0) is 57.1 Å². The molecular weight excluding hydrogens is 362 g/mol. The third kappa shape index (κ3) is 2.73. The van der Waals surface area contributed by atoms with Gasteiger partial charge in [0.05, 0.1) is 5.69 Å². The third-order valence-corrected chi connectivity index (χ3v) is 5.52. The summed E-state index contributed by atoms with van der Waals surface area (Å²) in [5.74, 6) is 0.851. The summed E-state index contributed by atoms with van der Waals surface area (Å²) < 4.78 is 6.05. The zero-order chi connectivity index (χ0) is 19.1. The van der Waals surface area contributed by atoms with E-state index in [-0.39, 0.29) is 22.5 Å². The van der Waals surface area contributed by atoms with Crippen LogP contribution in [0.25, 0.3) is 0 Å². The molecule has 1 saturated heterocycles. The molecule has 1 fully saturated rings. The van der Waals surface area contributed by atoms with Gasteiger partial charge in [-0.3, -0.25) is 19.4 Å². The van der Waals surface area contributed by atoms with Gasteiger partial charge >= 0.3 is 0 Å². The van der Waals surface area contributed by atoms with Gasteiger partial charge < -0.3 is 9.64 Å². The summed E-state index contributed by atoms with van der Waals surface area (Å²) >= 11 is 5.32. The van der Waals surface area contributed by atoms with E-state index in [0.717, 1.165) is 42.3 Å². The van der Waals surface area contributed by atoms with Crippen molar-refractivity contribution in [2.45, 2.75) is 26.7 Å². The Labute approximate surface area is 163 Å². The lowest BCUT2D eigenvalue weighted by Crippen LogP contribution is -2.56. The van der Waals surface area contributed by atoms with Gasteiger partial charge in [-0.25, -0.2) is 0 Å². The van der Waals surface area contributed by atoms with Crippen LogP contribution in [0.2, 0.25) is 0 Å². The highest BCUT2D eigenvalue weighted by atomic mass is 32.1. The molecule has 0 aliphatic carbocycles. The van der Waals surface area contributed by atoms with Gasteiger partial charge in [0.25, 0.3) is 11.8 Å². The van der Waals surface area contributed by atoms with Crippen molar-refractivity contribution in [3.8, 4) is 5.75 Å². The molecule has 140 valence electrons. The Bertz CT molecular complexity index is 877. The van der Waals surface area contributed by atoms with Crippen molar-refractivity contribution in [2.75, 3.05) is 24.5 Å². The largest absolute Gasteiger partial charge is 0.438 e. The molecule has 1 aromatic rings. The first-order chi connectivity index (χ1) is 13.1. The smallest absolute Gasteiger partial charge is 0.265 e. The number of ether oxygens (including phenoxy) is 1. The van der Waals surface area contributed by atoms with Crippen LogP contribution in [-0.2, 0) is 9.59 Å². The van der Waals surface area contributed by atoms with E-state index in [0.29, 0.717) is 13.1 Å². The molecule has 0 N–H and O–H groups in total. The fourth-order valence-corrected chi connectivity index (χ4v) is 4.15. The molecule has 0 bridgehead atoms. The van der Waals surface area contributed by atoms with Crippen molar-refractivity contribution in [2.24, 2.45) is 0 Å². The van der Waals surface area contributed by atoms with Crippen molar-refractivity contribution in [1.29, 1.82) is 0 Å². The molecule has 0 atom stereocenters. The van der Waals surface area contributed by atoms with Crippen LogP contribution in [0, 0.1) is 0 Å². The second kappa shape index (κ2) is 6.81. The predicted molar refractivity (Wildman–Crippen MR) is 106 cm³/mol. The molecule has 6 nitrogen and oxygen atoms in total. The van der Waals surface area contributed by atoms with Crippen molar-refractivity contribution in [1.82, 2.24) is 9.80 Å². The first-order valence-corrected chi connectivity index (χ1v) is 9.64. The van der Waals surface area contributed by atoms with Crippen molar-refractivity contribution < 1.29 is 14.3 Å². The highest BCUT2D eigenvalue weighted by Gasteiger charge is 2.39. The molecule has 3 aliphatic heterocycles. The number of fused-ring (bicyclic) bond motifs is 3. The van der Waals surface area contributed by atoms with E-state index >= 15 is 0 Å². The fraction of sp³-hybridized carbons (Fsp3) is 0.350. The average Bonchev–Trinajstić information content (AvgIpc) is 3.05. The van der Waals surface area contributed by atoms with Gasteiger partial charge in [0.2, 0.25) is 5.88 Å². The normalized spacial score (nSPS) is 19.4. The number of carbonyl (C=O) groups is 2. The van der Waals surface area contributed by atoms with E-state index in [4.69, 9.17) is 17.0 Å². The molecule has 4 rings (SSSR count). The number of hydrogen-bond acceptors (Lipinski definition) is 5. The Morgan fingerprint density at radius 2 is 1.78 bits per heavy atom. The minimum Gasteiger partial charge on any atom is -0.438 e. The summed E-state index contributed by atoms with van der Waals surface area (Å²) in [5.41, 5.74) is 2.04. The summed E-state index contributed by atoms with van der Waals surface area (Å²) in [6.07, 6.45) is 3.38. The third-order valence-electron chi connectivity index (χ3n) is 5.07. The van der Waals surface area contributed by atoms with E-state index < -0.39 is 0 Å². The van der Waals surface area contributed by atoms with Crippen LogP contribution in [0.1, 0.15) is 26.7 Å². The van der Waals surface area contributed by atoms with E-state index in [1.54, 1.807) is 6.08 Å². The van der Waals surface area contributed by atoms with E-state index in [1.807, 2.05) is 38.1 Å². The first kappa shape index (κ1) is 17.7. The molecule has 27 heavy (non-hydrogen) atoms. The Balaban J connectivity index is 1.77. The predicted octanol–water partition coefficient (Wildman–Crippen LogP) is 2.81. The maximum atomic E-state index is 12.9. The maximum absolute atomic E-state index is 12.9. The van der Waals surface area contributed by atoms with Gasteiger partial charge in [0.15, 0.2) is 10.9 Å². The second-order valence-corrected chi connectivity index (χ2v) is 6.96. The number of hydrogen-bond donors (Lipinski definition) is 0. The van der Waals surface area contributed by atoms with Crippen molar-refractivity contribution >= 4 is 34.8 Å². The Kier molecular flexibility index (Phi) is 4.47. The Hall–Kier alpha value is -2.67. The molecule has 0 unspecified atom stereocenters. The highest BCUT2D eigenvalue weighted by Crippen LogP contribution is 2.42. The number of nitrogens with zero attached hydrogens (tertiary/aromatic N) is 3. The summed E-state index contributed by atoms with van der Waals surface area (Å²) in [6.45, 7) is 5.42. The lowest BCUT2D eigenvalue weighted by molar-refractivity contribution is -0.133. The Morgan fingerprint density at radius 1 is 1.11 bits per heavy atom. The van der Waals surface area contributed by atoms with Crippen LogP contribution in [0.4, 0.5) is 5.69 Å². The summed E-state index contributed by atoms with van der Waals surface area (Å²) in [5, 5.41) is 0.277. The van der Waals surface area contributed by atoms with Gasteiger partial charge in [-0.2, -0.15) is 0 Å². The molecule has 0 spiro atoms. The molecule has 3 heterocycles. The molecular formula is C20H21N3O3S. The van der Waals surface area contributed by atoms with Crippen molar-refractivity contribution in [3.05, 3.63) is 47.4 Å². The zero-order valence-corrected chi connectivity index (χ0v) is 16.2. The van der Waals surface area contributed by atoms with Crippen LogP contribution in [0.3, 0.4) is 0 Å². The average molecular weight is 383 g/mol. The first-order valence-electron chi connectivity index (χ1n) is 9.23. The number of thiocarbonyl (C=S) groups is 1. The number of benzene rings is 1. The van der Waals surface area contributed by atoms with Crippen LogP contribution in [0.5, 0.6) is 5.75 Å². The van der Waals surface area contributed by atoms with E-state index in [1.165, 1.54) is 9.80 Å². The van der Waals surface area contributed by atoms with Gasteiger partial charge in [0.1, 0.15) is 5.57 Å². The topological polar surface area (TPSA) is 53.1 Å². The number of allylic oxidation sites excluding steroid dienone is 2. The lowest BCUT2D eigenvalue weighted by Gasteiger charge is -2.35. The monoisotopic (exact) mass is 383 g/mol. The summed E-state index contributed by atoms with van der Waals surface area (Å²) in [6, 6.07) is 7.86. The van der Waals surface area contributed by atoms with E-state index in [2.05, 4.69) is 4.90 Å². The van der Waals surface area contributed by atoms with Crippen LogP contribution >= 0.6 is 12.2 Å². The molecule has 7 heteroatoms. The highest BCUT2D eigenvalue weighted by molar-refractivity contribution is 7.80. The number of amides is 2. The number of anilines is 1. The van der Waals surface area contributed by atoms with Crippen LogP contribution < -0.4 is 9.64 Å². The van der Waals surface area contributed by atoms with Crippen LogP contribution in [0.15, 0.2) is 47.4 Å². The molecule has 1 aromatic carbocycles. The minimum atomic E-state index is -0.335. The zero-order valence-electron chi connectivity index (χ0n) is 15.4. The van der Waals surface area contributed by atoms with Gasteiger partial charge in [-0.1, -0.05) is 12.1 Å². The Morgan fingerprint density at radius 3 is 2.44 bits per heavy atom. The maximum Gasteiger partial charge on any atom is 0.265 e. The fourth-order valence-electron chi connectivity index (χ4n) is 3.72. The number of para-hydroxylation sites is 2. The second-order valence-electron chi connectivity index (χ2n) is 6.59. The quantitative estimate of drug-likeness (QED) is 0.456. The van der Waals surface area contributed by atoms with Gasteiger partial charge in [-0.15, -0.1) is 0 Å². The summed E-state index contributed by atoms with van der Waals surface area (Å²) in [4.78, 5) is 30.8. The van der Waals surface area contributed by atoms with Crippen LogP contribution in [-0.4, -0.2) is 46.4 Å². The molecule has 0 saturated carbocycles. The number of carbonyl (C=O) groups excluding carboxylic acids is 2. The minimum absolute atomic E-state index is 0.149. The molecule has 2 amide bonds. The molecule has 0 radical (unpaired) electrons.